The third-order valence-electron chi connectivity index (χ3n) is 7.25. The lowest BCUT2D eigenvalue weighted by Gasteiger charge is -2.24. The molecule has 0 spiro atoms. The predicted octanol–water partition coefficient (Wildman–Crippen LogP) is 10.0. The quantitative estimate of drug-likeness (QED) is 0.0647. The third-order valence-corrected chi connectivity index (χ3v) is 7.25. The summed E-state index contributed by atoms with van der Waals surface area (Å²) in [5.74, 6) is -0.0394. The molecular weight excluding hydrogens is 430 g/mol. The number of esters is 1. The molecule has 0 rings (SSSR count). The van der Waals surface area contributed by atoms with E-state index in [4.69, 9.17) is 4.74 Å². The molecule has 0 heterocycles. The predicted molar refractivity (Wildman–Crippen MR) is 155 cm³/mol. The van der Waals surface area contributed by atoms with Gasteiger partial charge in [-0.3, -0.25) is 4.79 Å². The Morgan fingerprint density at radius 2 is 1.06 bits per heavy atom. The van der Waals surface area contributed by atoms with Crippen molar-refractivity contribution < 1.29 is 9.53 Å². The van der Waals surface area contributed by atoms with E-state index in [2.05, 4.69) is 38.1 Å². The van der Waals surface area contributed by atoms with E-state index in [1.807, 2.05) is 6.92 Å². The second kappa shape index (κ2) is 27.8. The summed E-state index contributed by atoms with van der Waals surface area (Å²) >= 11 is 0. The molecule has 0 amide bonds. The SMILES string of the molecule is CCCCCCCCCC(CCCCCCCC/C=C\CCCCCCCC(=O)OCC)N(C)C. The average molecular weight is 494 g/mol. The summed E-state index contributed by atoms with van der Waals surface area (Å²) in [7, 11) is 4.54. The van der Waals surface area contributed by atoms with Gasteiger partial charge >= 0.3 is 5.97 Å². The van der Waals surface area contributed by atoms with Crippen molar-refractivity contribution >= 4 is 5.97 Å². The lowest BCUT2D eigenvalue weighted by atomic mass is 9.99. The van der Waals surface area contributed by atoms with Crippen molar-refractivity contribution in [3.63, 3.8) is 0 Å². The molecule has 1 atom stereocenters. The Morgan fingerprint density at radius 1 is 0.629 bits per heavy atom. The van der Waals surface area contributed by atoms with E-state index in [-0.39, 0.29) is 5.97 Å². The van der Waals surface area contributed by atoms with Gasteiger partial charge in [0.15, 0.2) is 0 Å². The molecule has 0 aromatic rings. The summed E-state index contributed by atoms with van der Waals surface area (Å²) in [6.07, 6.45) is 34.8. The molecule has 1 unspecified atom stereocenters. The van der Waals surface area contributed by atoms with Crippen LogP contribution >= 0.6 is 0 Å². The molecule has 0 aliphatic heterocycles. The number of rotatable bonds is 27. The van der Waals surface area contributed by atoms with Crippen molar-refractivity contribution in [2.45, 2.75) is 168 Å². The van der Waals surface area contributed by atoms with E-state index in [1.165, 1.54) is 128 Å². The fourth-order valence-electron chi connectivity index (χ4n) is 4.88. The van der Waals surface area contributed by atoms with Crippen LogP contribution in [0.25, 0.3) is 0 Å². The van der Waals surface area contributed by atoms with Gasteiger partial charge in [-0.15, -0.1) is 0 Å². The molecule has 0 saturated heterocycles. The van der Waals surface area contributed by atoms with Crippen molar-refractivity contribution in [3.05, 3.63) is 12.2 Å². The maximum atomic E-state index is 11.3. The highest BCUT2D eigenvalue weighted by atomic mass is 16.5. The molecule has 3 heteroatoms. The van der Waals surface area contributed by atoms with Crippen molar-refractivity contribution in [1.29, 1.82) is 0 Å². The van der Waals surface area contributed by atoms with Gasteiger partial charge < -0.3 is 9.64 Å². The highest BCUT2D eigenvalue weighted by molar-refractivity contribution is 5.69. The molecule has 0 aromatic heterocycles. The van der Waals surface area contributed by atoms with Crippen LogP contribution in [-0.2, 0) is 9.53 Å². The minimum atomic E-state index is -0.0394. The Morgan fingerprint density at radius 3 is 1.51 bits per heavy atom. The normalized spacial score (nSPS) is 12.6. The number of unbranched alkanes of at least 4 members (excludes halogenated alkanes) is 17. The van der Waals surface area contributed by atoms with Crippen LogP contribution in [0.15, 0.2) is 12.2 Å². The summed E-state index contributed by atoms with van der Waals surface area (Å²) in [6.45, 7) is 4.67. The van der Waals surface area contributed by atoms with Crippen molar-refractivity contribution in [2.75, 3.05) is 20.7 Å². The van der Waals surface area contributed by atoms with Crippen molar-refractivity contribution in [1.82, 2.24) is 4.90 Å². The van der Waals surface area contributed by atoms with Crippen LogP contribution in [0.5, 0.6) is 0 Å². The molecule has 0 aliphatic carbocycles. The van der Waals surface area contributed by atoms with Gasteiger partial charge in [-0.25, -0.2) is 0 Å². The van der Waals surface area contributed by atoms with Gasteiger partial charge in [0.2, 0.25) is 0 Å². The highest BCUT2D eigenvalue weighted by Crippen LogP contribution is 2.17. The van der Waals surface area contributed by atoms with Crippen LogP contribution in [0.1, 0.15) is 162 Å². The molecule has 208 valence electrons. The molecule has 0 fully saturated rings. The van der Waals surface area contributed by atoms with Crippen LogP contribution in [0, 0.1) is 0 Å². The first-order valence-electron chi connectivity index (χ1n) is 15.6. The average Bonchev–Trinajstić information content (AvgIpc) is 2.84. The molecule has 0 radical (unpaired) electrons. The molecule has 0 aliphatic rings. The molecular formula is C32H63NO2. The smallest absolute Gasteiger partial charge is 0.305 e. The number of carbonyl (C=O) groups is 1. The zero-order chi connectivity index (χ0) is 25.8. The van der Waals surface area contributed by atoms with Gasteiger partial charge in [-0.05, 0) is 66.0 Å². The standard InChI is InChI=1S/C32H63NO2/c1-5-7-8-9-19-22-25-28-31(33(3)4)29-26-23-20-17-15-13-11-10-12-14-16-18-21-24-27-30-32(34)35-6-2/h10,12,31H,5-9,11,13-30H2,1-4H3/b12-10-. The van der Waals surface area contributed by atoms with Gasteiger partial charge in [0.25, 0.3) is 0 Å². The molecule has 0 bridgehead atoms. The van der Waals surface area contributed by atoms with Gasteiger partial charge in [0.1, 0.15) is 0 Å². The topological polar surface area (TPSA) is 29.5 Å². The van der Waals surface area contributed by atoms with Crippen LogP contribution in [0.4, 0.5) is 0 Å². The van der Waals surface area contributed by atoms with Crippen LogP contribution in [0.3, 0.4) is 0 Å². The highest BCUT2D eigenvalue weighted by Gasteiger charge is 2.10. The Balaban J connectivity index is 3.43. The Kier molecular flexibility index (Phi) is 27.1. The maximum absolute atomic E-state index is 11.3. The van der Waals surface area contributed by atoms with Gasteiger partial charge in [0.05, 0.1) is 6.61 Å². The minimum absolute atomic E-state index is 0.0394. The lowest BCUT2D eigenvalue weighted by Crippen LogP contribution is -2.27. The monoisotopic (exact) mass is 493 g/mol. The van der Waals surface area contributed by atoms with Crippen molar-refractivity contribution in [2.24, 2.45) is 0 Å². The molecule has 35 heavy (non-hydrogen) atoms. The number of carbonyl (C=O) groups excluding carboxylic acids is 1. The van der Waals surface area contributed by atoms with Gasteiger partial charge in [0, 0.05) is 12.5 Å². The molecule has 0 aromatic carbocycles. The maximum Gasteiger partial charge on any atom is 0.305 e. The van der Waals surface area contributed by atoms with E-state index in [0.29, 0.717) is 13.0 Å². The summed E-state index contributed by atoms with van der Waals surface area (Å²) in [6, 6.07) is 0.792. The van der Waals surface area contributed by atoms with E-state index in [9.17, 15) is 4.79 Å². The summed E-state index contributed by atoms with van der Waals surface area (Å²) in [5.41, 5.74) is 0. The van der Waals surface area contributed by atoms with Gasteiger partial charge in [-0.2, -0.15) is 0 Å². The Hall–Kier alpha value is -0.830. The van der Waals surface area contributed by atoms with Crippen LogP contribution in [0.2, 0.25) is 0 Å². The molecule has 3 nitrogen and oxygen atoms in total. The van der Waals surface area contributed by atoms with Gasteiger partial charge in [-0.1, -0.05) is 115 Å². The summed E-state index contributed by atoms with van der Waals surface area (Å²) in [5, 5.41) is 0. The van der Waals surface area contributed by atoms with Crippen LogP contribution < -0.4 is 0 Å². The Labute approximate surface area is 220 Å². The number of ether oxygens (including phenoxy) is 1. The zero-order valence-corrected chi connectivity index (χ0v) is 24.5. The largest absolute Gasteiger partial charge is 0.466 e. The van der Waals surface area contributed by atoms with E-state index in [0.717, 1.165) is 18.9 Å². The number of hydrogen-bond donors (Lipinski definition) is 0. The Bertz CT molecular complexity index is 460. The lowest BCUT2D eigenvalue weighted by molar-refractivity contribution is -0.143. The fraction of sp³-hybridized carbons (Fsp3) is 0.906. The fourth-order valence-corrected chi connectivity index (χ4v) is 4.88. The first kappa shape index (κ1) is 34.2. The van der Waals surface area contributed by atoms with E-state index in [1.54, 1.807) is 0 Å². The number of allylic oxidation sites excluding steroid dienone is 2. The minimum Gasteiger partial charge on any atom is -0.466 e. The van der Waals surface area contributed by atoms with E-state index >= 15 is 0 Å². The second-order valence-corrected chi connectivity index (χ2v) is 10.8. The first-order valence-corrected chi connectivity index (χ1v) is 15.6. The first-order chi connectivity index (χ1) is 17.1. The van der Waals surface area contributed by atoms with Crippen LogP contribution in [-0.4, -0.2) is 37.6 Å². The second-order valence-electron chi connectivity index (χ2n) is 10.8. The van der Waals surface area contributed by atoms with Crippen molar-refractivity contribution in [3.8, 4) is 0 Å². The summed E-state index contributed by atoms with van der Waals surface area (Å²) in [4.78, 5) is 13.7. The number of nitrogens with zero attached hydrogens (tertiary/aromatic N) is 1. The van der Waals surface area contributed by atoms with E-state index < -0.39 is 0 Å². The molecule has 0 N–H and O–H groups in total. The number of hydrogen-bond acceptors (Lipinski definition) is 3. The third kappa shape index (κ3) is 26.1. The summed E-state index contributed by atoms with van der Waals surface area (Å²) < 4.78 is 4.96. The zero-order valence-electron chi connectivity index (χ0n) is 24.5. The molecule has 0 saturated carbocycles.